The van der Waals surface area contributed by atoms with Crippen molar-refractivity contribution in [3.05, 3.63) is 38.2 Å². The van der Waals surface area contributed by atoms with Crippen molar-refractivity contribution >= 4 is 51.5 Å². The van der Waals surface area contributed by atoms with E-state index in [9.17, 15) is 0 Å². The van der Waals surface area contributed by atoms with Crippen LogP contribution in [0.15, 0.2) is 18.2 Å². The van der Waals surface area contributed by atoms with Gasteiger partial charge in [-0.2, -0.15) is 0 Å². The Morgan fingerprint density at radius 3 is 2.75 bits per heavy atom. The van der Waals surface area contributed by atoms with Gasteiger partial charge in [0.1, 0.15) is 17.5 Å². The molecule has 106 valence electrons. The molecule has 2 rings (SSSR count). The molecule has 6 heteroatoms. The van der Waals surface area contributed by atoms with E-state index in [0.717, 1.165) is 39.3 Å². The summed E-state index contributed by atoms with van der Waals surface area (Å²) in [7, 11) is 0. The van der Waals surface area contributed by atoms with Crippen LogP contribution in [0.4, 0.5) is 17.3 Å². The number of halogens is 2. The summed E-state index contributed by atoms with van der Waals surface area (Å²) in [6, 6.07) is 5.68. The summed E-state index contributed by atoms with van der Waals surface area (Å²) in [4.78, 5) is 8.85. The minimum Gasteiger partial charge on any atom is -0.383 e. The molecule has 0 unspecified atom stereocenters. The highest BCUT2D eigenvalue weighted by atomic mass is 127. The average molecular weight is 403 g/mol. The van der Waals surface area contributed by atoms with E-state index in [-0.39, 0.29) is 0 Å². The fraction of sp³-hybridized carbons (Fsp3) is 0.286. The fourth-order valence-corrected chi connectivity index (χ4v) is 2.76. The second kappa shape index (κ2) is 6.58. The second-order valence-corrected chi connectivity index (χ2v) is 6.10. The Morgan fingerprint density at radius 1 is 1.35 bits per heavy atom. The Balaban J connectivity index is 2.37. The molecule has 0 saturated carbocycles. The monoisotopic (exact) mass is 402 g/mol. The Bertz CT molecular complexity index is 631. The van der Waals surface area contributed by atoms with E-state index in [0.29, 0.717) is 10.8 Å². The summed E-state index contributed by atoms with van der Waals surface area (Å²) >= 11 is 8.20. The van der Waals surface area contributed by atoms with Crippen LogP contribution < -0.4 is 11.1 Å². The van der Waals surface area contributed by atoms with Gasteiger partial charge in [0.15, 0.2) is 0 Å². The molecular formula is C14H16ClIN4. The Kier molecular flexibility index (Phi) is 5.04. The van der Waals surface area contributed by atoms with E-state index < -0.39 is 0 Å². The van der Waals surface area contributed by atoms with Gasteiger partial charge >= 0.3 is 0 Å². The maximum atomic E-state index is 5.96. The maximum Gasteiger partial charge on any atom is 0.139 e. The molecule has 0 atom stereocenters. The molecule has 3 N–H and O–H groups in total. The lowest BCUT2D eigenvalue weighted by Gasteiger charge is -2.13. The largest absolute Gasteiger partial charge is 0.383 e. The SMILES string of the molecule is CCCc1nc(N)c(C)c(Nc2ccc(Cl)cc2I)n1. The van der Waals surface area contributed by atoms with E-state index in [2.05, 4.69) is 44.8 Å². The summed E-state index contributed by atoms with van der Waals surface area (Å²) in [5.41, 5.74) is 7.77. The number of nitrogens with one attached hydrogen (secondary N) is 1. The molecule has 1 heterocycles. The number of nitrogen functional groups attached to an aromatic ring is 1. The van der Waals surface area contributed by atoms with Crippen molar-refractivity contribution in [2.24, 2.45) is 0 Å². The predicted molar refractivity (Wildman–Crippen MR) is 92.6 cm³/mol. The number of hydrogen-bond donors (Lipinski definition) is 2. The van der Waals surface area contributed by atoms with Crippen molar-refractivity contribution < 1.29 is 0 Å². The van der Waals surface area contributed by atoms with Crippen LogP contribution in [0.5, 0.6) is 0 Å². The highest BCUT2D eigenvalue weighted by Crippen LogP contribution is 2.27. The van der Waals surface area contributed by atoms with Crippen LogP contribution in [0, 0.1) is 10.5 Å². The van der Waals surface area contributed by atoms with Crippen LogP contribution >= 0.6 is 34.2 Å². The summed E-state index contributed by atoms with van der Waals surface area (Å²) in [5.74, 6) is 2.04. The molecule has 0 radical (unpaired) electrons. The number of aromatic nitrogens is 2. The fourth-order valence-electron chi connectivity index (χ4n) is 1.76. The first-order chi connectivity index (χ1) is 9.51. The minimum atomic E-state index is 0.523. The van der Waals surface area contributed by atoms with E-state index >= 15 is 0 Å². The van der Waals surface area contributed by atoms with Crippen molar-refractivity contribution in [1.82, 2.24) is 9.97 Å². The molecule has 0 amide bonds. The molecule has 0 bridgehead atoms. The zero-order valence-corrected chi connectivity index (χ0v) is 14.3. The number of hydrogen-bond acceptors (Lipinski definition) is 4. The van der Waals surface area contributed by atoms with E-state index in [4.69, 9.17) is 17.3 Å². The molecule has 20 heavy (non-hydrogen) atoms. The number of rotatable bonds is 4. The average Bonchev–Trinajstić information content (AvgIpc) is 2.39. The number of nitrogens with zero attached hydrogens (tertiary/aromatic N) is 2. The normalized spacial score (nSPS) is 10.6. The molecule has 0 fully saturated rings. The number of nitrogens with two attached hydrogens (primary N) is 1. The van der Waals surface area contributed by atoms with Crippen LogP contribution in [-0.2, 0) is 6.42 Å². The lowest BCUT2D eigenvalue weighted by molar-refractivity contribution is 0.836. The summed E-state index contributed by atoms with van der Waals surface area (Å²) < 4.78 is 1.03. The Hall–Kier alpha value is -1.08. The van der Waals surface area contributed by atoms with Gasteiger partial charge in [-0.05, 0) is 54.1 Å². The van der Waals surface area contributed by atoms with Gasteiger partial charge in [-0.25, -0.2) is 9.97 Å². The molecule has 2 aromatic rings. The van der Waals surface area contributed by atoms with Crippen molar-refractivity contribution in [3.63, 3.8) is 0 Å². The van der Waals surface area contributed by atoms with Crippen molar-refractivity contribution in [1.29, 1.82) is 0 Å². The van der Waals surface area contributed by atoms with Gasteiger partial charge in [0.05, 0.1) is 5.69 Å². The van der Waals surface area contributed by atoms with E-state index in [1.54, 1.807) is 0 Å². The van der Waals surface area contributed by atoms with Gasteiger partial charge in [0.2, 0.25) is 0 Å². The van der Waals surface area contributed by atoms with Gasteiger partial charge < -0.3 is 11.1 Å². The minimum absolute atomic E-state index is 0.523. The highest BCUT2D eigenvalue weighted by molar-refractivity contribution is 14.1. The molecular weight excluding hydrogens is 387 g/mol. The zero-order valence-electron chi connectivity index (χ0n) is 11.4. The third-order valence-corrected chi connectivity index (χ3v) is 4.02. The number of aryl methyl sites for hydroxylation is 1. The number of anilines is 3. The molecule has 4 nitrogen and oxygen atoms in total. The van der Waals surface area contributed by atoms with Crippen LogP contribution in [0.3, 0.4) is 0 Å². The molecule has 1 aromatic heterocycles. The third kappa shape index (κ3) is 3.52. The van der Waals surface area contributed by atoms with E-state index in [1.165, 1.54) is 0 Å². The highest BCUT2D eigenvalue weighted by Gasteiger charge is 2.10. The predicted octanol–water partition coefficient (Wildman–Crippen LogP) is 4.32. The molecule has 0 spiro atoms. The van der Waals surface area contributed by atoms with Gasteiger partial charge in [0, 0.05) is 20.6 Å². The summed E-state index contributed by atoms with van der Waals surface area (Å²) in [6.45, 7) is 4.00. The standard InChI is InChI=1S/C14H16ClIN4/c1-3-4-12-19-13(17)8(2)14(20-12)18-11-6-5-9(15)7-10(11)16/h5-7H,3-4H2,1-2H3,(H3,17,18,19,20). The summed E-state index contributed by atoms with van der Waals surface area (Å²) in [6.07, 6.45) is 1.80. The van der Waals surface area contributed by atoms with Crippen LogP contribution in [0.2, 0.25) is 5.02 Å². The first kappa shape index (κ1) is 15.3. The lowest BCUT2D eigenvalue weighted by Crippen LogP contribution is -2.07. The topological polar surface area (TPSA) is 63.8 Å². The number of benzene rings is 1. The maximum absolute atomic E-state index is 5.96. The van der Waals surface area contributed by atoms with Crippen molar-refractivity contribution in [3.8, 4) is 0 Å². The van der Waals surface area contributed by atoms with Gasteiger partial charge in [-0.15, -0.1) is 0 Å². The third-order valence-electron chi connectivity index (χ3n) is 2.89. The molecule has 0 saturated heterocycles. The zero-order chi connectivity index (χ0) is 14.7. The summed E-state index contributed by atoms with van der Waals surface area (Å²) in [5, 5.41) is 4.02. The molecule has 0 aliphatic heterocycles. The van der Waals surface area contributed by atoms with Gasteiger partial charge in [0.25, 0.3) is 0 Å². The smallest absolute Gasteiger partial charge is 0.139 e. The Labute approximate surface area is 137 Å². The quantitative estimate of drug-likeness (QED) is 0.748. The first-order valence-corrected chi connectivity index (χ1v) is 7.82. The van der Waals surface area contributed by atoms with Crippen LogP contribution in [-0.4, -0.2) is 9.97 Å². The van der Waals surface area contributed by atoms with Crippen LogP contribution in [0.1, 0.15) is 24.7 Å². The van der Waals surface area contributed by atoms with Crippen molar-refractivity contribution in [2.45, 2.75) is 26.7 Å². The molecule has 1 aromatic carbocycles. The second-order valence-electron chi connectivity index (χ2n) is 4.50. The van der Waals surface area contributed by atoms with Crippen molar-refractivity contribution in [2.75, 3.05) is 11.1 Å². The first-order valence-electron chi connectivity index (χ1n) is 6.36. The van der Waals surface area contributed by atoms with Gasteiger partial charge in [-0.1, -0.05) is 18.5 Å². The van der Waals surface area contributed by atoms with E-state index in [1.807, 2.05) is 25.1 Å². The Morgan fingerprint density at radius 2 is 2.10 bits per heavy atom. The lowest BCUT2D eigenvalue weighted by atomic mass is 10.2. The molecule has 0 aliphatic rings. The van der Waals surface area contributed by atoms with Crippen LogP contribution in [0.25, 0.3) is 0 Å². The van der Waals surface area contributed by atoms with Gasteiger partial charge in [-0.3, -0.25) is 0 Å². The molecule has 0 aliphatic carbocycles.